The van der Waals surface area contributed by atoms with Crippen LogP contribution in [0.1, 0.15) is 16.1 Å². The molecule has 7 nitrogen and oxygen atoms in total. The molecule has 1 amide bonds. The Bertz CT molecular complexity index is 669. The van der Waals surface area contributed by atoms with Gasteiger partial charge < -0.3 is 9.47 Å². The predicted octanol–water partition coefficient (Wildman–Crippen LogP) is 1.95. The molecule has 0 aliphatic carbocycles. The van der Waals surface area contributed by atoms with E-state index in [1.165, 1.54) is 12.4 Å². The molecule has 0 saturated heterocycles. The zero-order valence-corrected chi connectivity index (χ0v) is 13.0. The first-order chi connectivity index (χ1) is 10.2. The fraction of sp³-hybridized carbons (Fsp3) is 0.154. The number of hydrazone groups is 1. The highest BCUT2D eigenvalue weighted by molar-refractivity contribution is 9.10. The van der Waals surface area contributed by atoms with Gasteiger partial charge in [-0.2, -0.15) is 10.2 Å². The van der Waals surface area contributed by atoms with Gasteiger partial charge in [-0.05, 0) is 34.1 Å². The summed E-state index contributed by atoms with van der Waals surface area (Å²) in [6.45, 7) is 0. The van der Waals surface area contributed by atoms with Crippen LogP contribution in [0.2, 0.25) is 0 Å². The molecule has 2 aromatic rings. The molecule has 21 heavy (non-hydrogen) atoms. The van der Waals surface area contributed by atoms with Crippen LogP contribution in [-0.4, -0.2) is 36.5 Å². The third-order valence-electron chi connectivity index (χ3n) is 2.63. The molecule has 1 aromatic carbocycles. The Labute approximate surface area is 129 Å². The number of amides is 1. The second-order valence-electron chi connectivity index (χ2n) is 3.90. The number of nitrogens with zero attached hydrogens (tertiary/aromatic N) is 2. The topological polar surface area (TPSA) is 88.6 Å². The first-order valence-corrected chi connectivity index (χ1v) is 6.69. The van der Waals surface area contributed by atoms with Gasteiger partial charge in [0.05, 0.1) is 31.1 Å². The SMILES string of the molecule is COc1ccc(OC)c(/C=N\NC(=O)c2[nH]ncc2Br)c1. The van der Waals surface area contributed by atoms with Crippen LogP contribution in [0, 0.1) is 0 Å². The molecular formula is C13H13BrN4O3. The summed E-state index contributed by atoms with van der Waals surface area (Å²) in [5.41, 5.74) is 3.37. The highest BCUT2D eigenvalue weighted by atomic mass is 79.9. The lowest BCUT2D eigenvalue weighted by atomic mass is 10.2. The molecular weight excluding hydrogens is 340 g/mol. The highest BCUT2D eigenvalue weighted by Gasteiger charge is 2.10. The van der Waals surface area contributed by atoms with Crippen molar-refractivity contribution in [1.29, 1.82) is 0 Å². The maximum absolute atomic E-state index is 11.8. The van der Waals surface area contributed by atoms with Crippen molar-refractivity contribution in [3.63, 3.8) is 0 Å². The van der Waals surface area contributed by atoms with Crippen molar-refractivity contribution in [2.45, 2.75) is 0 Å². The molecule has 0 bridgehead atoms. The van der Waals surface area contributed by atoms with Gasteiger partial charge in [0.25, 0.3) is 5.91 Å². The Morgan fingerprint density at radius 2 is 2.24 bits per heavy atom. The quantitative estimate of drug-likeness (QED) is 0.635. The summed E-state index contributed by atoms with van der Waals surface area (Å²) in [5.74, 6) is 0.883. The number of ether oxygens (including phenoxy) is 2. The van der Waals surface area contributed by atoms with Crippen molar-refractivity contribution >= 4 is 28.1 Å². The van der Waals surface area contributed by atoms with Crippen molar-refractivity contribution in [3.8, 4) is 11.5 Å². The standard InChI is InChI=1S/C13H13BrN4O3/c1-20-9-3-4-11(21-2)8(5-9)6-15-18-13(19)12-10(14)7-16-17-12/h3-7H,1-2H3,(H,16,17)(H,18,19)/b15-6-. The zero-order chi connectivity index (χ0) is 15.2. The third-order valence-corrected chi connectivity index (χ3v) is 3.23. The fourth-order valence-electron chi connectivity index (χ4n) is 1.59. The number of carbonyl (C=O) groups excluding carboxylic acids is 1. The third kappa shape index (κ3) is 3.60. The van der Waals surface area contributed by atoms with E-state index >= 15 is 0 Å². The van der Waals surface area contributed by atoms with Gasteiger partial charge in [0.1, 0.15) is 17.2 Å². The van der Waals surface area contributed by atoms with Crippen molar-refractivity contribution in [3.05, 3.63) is 40.1 Å². The minimum absolute atomic E-state index is 0.296. The molecule has 0 saturated carbocycles. The van der Waals surface area contributed by atoms with Crippen LogP contribution >= 0.6 is 15.9 Å². The normalized spacial score (nSPS) is 10.6. The summed E-state index contributed by atoms with van der Waals surface area (Å²) in [6.07, 6.45) is 2.97. The van der Waals surface area contributed by atoms with Gasteiger partial charge in [0, 0.05) is 5.56 Å². The van der Waals surface area contributed by atoms with Crippen molar-refractivity contribution in [2.24, 2.45) is 5.10 Å². The maximum Gasteiger partial charge on any atom is 0.290 e. The Morgan fingerprint density at radius 1 is 1.43 bits per heavy atom. The molecule has 0 radical (unpaired) electrons. The summed E-state index contributed by atoms with van der Waals surface area (Å²) >= 11 is 3.20. The van der Waals surface area contributed by atoms with E-state index in [1.54, 1.807) is 32.4 Å². The number of hydrogen-bond donors (Lipinski definition) is 2. The van der Waals surface area contributed by atoms with Crippen molar-refractivity contribution < 1.29 is 14.3 Å². The van der Waals surface area contributed by atoms with E-state index in [9.17, 15) is 4.79 Å². The van der Waals surface area contributed by atoms with Gasteiger partial charge in [0.2, 0.25) is 0 Å². The highest BCUT2D eigenvalue weighted by Crippen LogP contribution is 2.22. The Hall–Kier alpha value is -2.35. The number of carbonyl (C=O) groups is 1. The van der Waals surface area contributed by atoms with Crippen LogP contribution in [0.15, 0.2) is 34.0 Å². The van der Waals surface area contributed by atoms with Gasteiger partial charge in [0.15, 0.2) is 0 Å². The maximum atomic E-state index is 11.8. The van der Waals surface area contributed by atoms with Crippen LogP contribution in [0.5, 0.6) is 11.5 Å². The van der Waals surface area contributed by atoms with Crippen LogP contribution in [0.25, 0.3) is 0 Å². The number of hydrogen-bond acceptors (Lipinski definition) is 5. The lowest BCUT2D eigenvalue weighted by Crippen LogP contribution is -2.18. The van der Waals surface area contributed by atoms with E-state index in [-0.39, 0.29) is 0 Å². The number of aromatic nitrogens is 2. The minimum Gasteiger partial charge on any atom is -0.497 e. The Kier molecular flexibility index (Phi) is 4.94. The molecule has 1 aromatic heterocycles. The summed E-state index contributed by atoms with van der Waals surface area (Å²) in [7, 11) is 3.12. The van der Waals surface area contributed by atoms with Gasteiger partial charge >= 0.3 is 0 Å². The summed E-state index contributed by atoms with van der Waals surface area (Å²) in [6, 6.07) is 5.28. The van der Waals surface area contributed by atoms with Crippen molar-refractivity contribution in [1.82, 2.24) is 15.6 Å². The molecule has 0 fully saturated rings. The lowest BCUT2D eigenvalue weighted by molar-refractivity contribution is 0.0949. The largest absolute Gasteiger partial charge is 0.497 e. The summed E-state index contributed by atoms with van der Waals surface area (Å²) in [4.78, 5) is 11.8. The van der Waals surface area contributed by atoms with Crippen molar-refractivity contribution in [2.75, 3.05) is 14.2 Å². The molecule has 2 rings (SSSR count). The number of halogens is 1. The molecule has 2 N–H and O–H groups in total. The van der Waals surface area contributed by atoms with Gasteiger partial charge in [-0.25, -0.2) is 5.43 Å². The van der Waals surface area contributed by atoms with E-state index in [1.807, 2.05) is 0 Å². The minimum atomic E-state index is -0.405. The number of aromatic amines is 1. The lowest BCUT2D eigenvalue weighted by Gasteiger charge is -2.06. The van der Waals surface area contributed by atoms with Crippen LogP contribution in [0.4, 0.5) is 0 Å². The van der Waals surface area contributed by atoms with E-state index in [0.29, 0.717) is 27.2 Å². The van der Waals surface area contributed by atoms with E-state index in [2.05, 4.69) is 36.7 Å². The zero-order valence-electron chi connectivity index (χ0n) is 11.4. The molecule has 0 aliphatic rings. The van der Waals surface area contributed by atoms with Gasteiger partial charge in [-0.1, -0.05) is 0 Å². The van der Waals surface area contributed by atoms with E-state index in [4.69, 9.17) is 9.47 Å². The first kappa shape index (κ1) is 15.0. The van der Waals surface area contributed by atoms with Gasteiger partial charge in [-0.3, -0.25) is 9.89 Å². The average Bonchev–Trinajstić information content (AvgIpc) is 2.93. The van der Waals surface area contributed by atoms with Crippen LogP contribution in [0.3, 0.4) is 0 Å². The van der Waals surface area contributed by atoms with E-state index < -0.39 is 5.91 Å². The second-order valence-corrected chi connectivity index (χ2v) is 4.75. The molecule has 0 aliphatic heterocycles. The Balaban J connectivity index is 2.11. The number of methoxy groups -OCH3 is 2. The predicted molar refractivity (Wildman–Crippen MR) is 80.9 cm³/mol. The number of rotatable bonds is 5. The monoisotopic (exact) mass is 352 g/mol. The fourth-order valence-corrected chi connectivity index (χ4v) is 1.96. The van der Waals surface area contributed by atoms with Crippen LogP contribution in [-0.2, 0) is 0 Å². The Morgan fingerprint density at radius 3 is 2.86 bits per heavy atom. The van der Waals surface area contributed by atoms with Crippen LogP contribution < -0.4 is 14.9 Å². The molecule has 0 spiro atoms. The number of nitrogens with one attached hydrogen (secondary N) is 2. The number of H-pyrrole nitrogens is 1. The molecule has 0 unspecified atom stereocenters. The second kappa shape index (κ2) is 6.89. The first-order valence-electron chi connectivity index (χ1n) is 5.90. The summed E-state index contributed by atoms with van der Waals surface area (Å²) in [5, 5.41) is 10.2. The average molecular weight is 353 g/mol. The molecule has 0 atom stereocenters. The van der Waals surface area contributed by atoms with Gasteiger partial charge in [-0.15, -0.1) is 0 Å². The molecule has 8 heteroatoms. The summed E-state index contributed by atoms with van der Waals surface area (Å²) < 4.78 is 10.9. The number of benzene rings is 1. The molecule has 110 valence electrons. The van der Waals surface area contributed by atoms with E-state index in [0.717, 1.165) is 0 Å². The smallest absolute Gasteiger partial charge is 0.290 e. The molecule has 1 heterocycles.